The highest BCUT2D eigenvalue weighted by Gasteiger charge is 2.27. The largest absolute Gasteiger partial charge is 0.369 e. The number of likely N-dealkylation sites (tertiary alicyclic amines) is 2. The van der Waals surface area contributed by atoms with Gasteiger partial charge in [0.1, 0.15) is 6.61 Å². The van der Waals surface area contributed by atoms with Crippen LogP contribution in [0.15, 0.2) is 0 Å². The summed E-state index contributed by atoms with van der Waals surface area (Å²) in [6.07, 6.45) is 6.49. The average Bonchev–Trinajstić information content (AvgIpc) is 2.46. The second-order valence-corrected chi connectivity index (χ2v) is 6.07. The van der Waals surface area contributed by atoms with E-state index in [1.165, 1.54) is 32.4 Å². The summed E-state index contributed by atoms with van der Waals surface area (Å²) in [6, 6.07) is 0.704. The molecular formula is C15H28N2O2. The van der Waals surface area contributed by atoms with E-state index in [1.54, 1.807) is 0 Å². The van der Waals surface area contributed by atoms with Crippen LogP contribution in [0.25, 0.3) is 0 Å². The molecule has 0 atom stereocenters. The van der Waals surface area contributed by atoms with Gasteiger partial charge in [-0.3, -0.25) is 4.79 Å². The van der Waals surface area contributed by atoms with E-state index < -0.39 is 0 Å². The molecule has 2 saturated heterocycles. The summed E-state index contributed by atoms with van der Waals surface area (Å²) in [5.74, 6) is 0.158. The van der Waals surface area contributed by atoms with Crippen molar-refractivity contribution < 1.29 is 9.53 Å². The van der Waals surface area contributed by atoms with E-state index in [0.29, 0.717) is 6.04 Å². The fraction of sp³-hybridized carbons (Fsp3) is 0.933. The van der Waals surface area contributed by atoms with Crippen molar-refractivity contribution in [3.63, 3.8) is 0 Å². The Bertz CT molecular complexity index is 280. The number of ether oxygens (including phenoxy) is 1. The van der Waals surface area contributed by atoms with Gasteiger partial charge in [-0.2, -0.15) is 0 Å². The SMILES string of the molecule is CC(C)OCC(=O)N1CCC(N2CCCCC2)CC1. The first kappa shape index (κ1) is 14.8. The normalized spacial score (nSPS) is 23.0. The van der Waals surface area contributed by atoms with E-state index in [4.69, 9.17) is 4.74 Å². The van der Waals surface area contributed by atoms with Crippen LogP contribution in [0.1, 0.15) is 46.0 Å². The van der Waals surface area contributed by atoms with Gasteiger partial charge < -0.3 is 14.5 Å². The van der Waals surface area contributed by atoms with Crippen molar-refractivity contribution in [1.29, 1.82) is 0 Å². The molecule has 0 unspecified atom stereocenters. The summed E-state index contributed by atoms with van der Waals surface area (Å²) in [6.45, 7) is 8.50. The molecule has 2 aliphatic rings. The van der Waals surface area contributed by atoms with Gasteiger partial charge in [0.2, 0.25) is 5.91 Å². The summed E-state index contributed by atoms with van der Waals surface area (Å²) >= 11 is 0. The van der Waals surface area contributed by atoms with Gasteiger partial charge in [0.25, 0.3) is 0 Å². The fourth-order valence-corrected chi connectivity index (χ4v) is 3.09. The first-order chi connectivity index (χ1) is 9.16. The predicted octanol–water partition coefficient (Wildman–Crippen LogP) is 1.89. The maximum atomic E-state index is 12.0. The lowest BCUT2D eigenvalue weighted by molar-refractivity contribution is -0.139. The summed E-state index contributed by atoms with van der Waals surface area (Å²) in [5.41, 5.74) is 0. The first-order valence-electron chi connectivity index (χ1n) is 7.80. The minimum absolute atomic E-state index is 0.134. The maximum Gasteiger partial charge on any atom is 0.248 e. The Balaban J connectivity index is 1.70. The molecule has 0 aromatic carbocycles. The zero-order valence-electron chi connectivity index (χ0n) is 12.4. The molecule has 110 valence electrons. The highest BCUT2D eigenvalue weighted by atomic mass is 16.5. The van der Waals surface area contributed by atoms with Gasteiger partial charge in [0, 0.05) is 19.1 Å². The molecule has 0 saturated carbocycles. The third kappa shape index (κ3) is 4.46. The molecule has 2 rings (SSSR count). The van der Waals surface area contributed by atoms with Crippen molar-refractivity contribution in [1.82, 2.24) is 9.80 Å². The van der Waals surface area contributed by atoms with Gasteiger partial charge >= 0.3 is 0 Å². The first-order valence-corrected chi connectivity index (χ1v) is 7.80. The minimum Gasteiger partial charge on any atom is -0.369 e. The molecule has 4 heteroatoms. The predicted molar refractivity (Wildman–Crippen MR) is 76.1 cm³/mol. The molecular weight excluding hydrogens is 240 g/mol. The van der Waals surface area contributed by atoms with Crippen LogP contribution in [0.3, 0.4) is 0 Å². The summed E-state index contributed by atoms with van der Waals surface area (Å²) < 4.78 is 5.40. The molecule has 2 heterocycles. The van der Waals surface area contributed by atoms with E-state index in [2.05, 4.69) is 4.90 Å². The topological polar surface area (TPSA) is 32.8 Å². The van der Waals surface area contributed by atoms with Crippen molar-refractivity contribution in [3.8, 4) is 0 Å². The van der Waals surface area contributed by atoms with Crippen LogP contribution >= 0.6 is 0 Å². The van der Waals surface area contributed by atoms with Crippen LogP contribution in [0, 0.1) is 0 Å². The summed E-state index contributed by atoms with van der Waals surface area (Å²) in [7, 11) is 0. The minimum atomic E-state index is 0.134. The number of hydrogen-bond acceptors (Lipinski definition) is 3. The Morgan fingerprint density at radius 3 is 2.32 bits per heavy atom. The van der Waals surface area contributed by atoms with Gasteiger partial charge in [-0.15, -0.1) is 0 Å². The van der Waals surface area contributed by atoms with Crippen LogP contribution in [-0.4, -0.2) is 60.6 Å². The number of amides is 1. The van der Waals surface area contributed by atoms with E-state index in [-0.39, 0.29) is 18.6 Å². The van der Waals surface area contributed by atoms with E-state index in [0.717, 1.165) is 25.9 Å². The lowest BCUT2D eigenvalue weighted by Crippen LogP contribution is -2.48. The van der Waals surface area contributed by atoms with Gasteiger partial charge in [0.15, 0.2) is 0 Å². The van der Waals surface area contributed by atoms with Crippen molar-refractivity contribution >= 4 is 5.91 Å². The maximum absolute atomic E-state index is 12.0. The Morgan fingerprint density at radius 2 is 1.74 bits per heavy atom. The number of carbonyl (C=O) groups excluding carboxylic acids is 1. The van der Waals surface area contributed by atoms with Gasteiger partial charge in [-0.05, 0) is 52.6 Å². The van der Waals surface area contributed by atoms with Crippen molar-refractivity contribution in [2.24, 2.45) is 0 Å². The number of rotatable bonds is 4. The average molecular weight is 268 g/mol. The standard InChI is InChI=1S/C15H28N2O2/c1-13(2)19-12-15(18)17-10-6-14(7-11-17)16-8-4-3-5-9-16/h13-14H,3-12H2,1-2H3. The number of nitrogens with zero attached hydrogens (tertiary/aromatic N) is 2. The van der Waals surface area contributed by atoms with Crippen molar-refractivity contribution in [2.75, 3.05) is 32.8 Å². The van der Waals surface area contributed by atoms with E-state index >= 15 is 0 Å². The van der Waals surface area contributed by atoms with Crippen LogP contribution in [0.2, 0.25) is 0 Å². The van der Waals surface area contributed by atoms with Crippen molar-refractivity contribution in [3.05, 3.63) is 0 Å². The molecule has 0 bridgehead atoms. The molecule has 0 aromatic heterocycles. The number of carbonyl (C=O) groups is 1. The highest BCUT2D eigenvalue weighted by Crippen LogP contribution is 2.20. The monoisotopic (exact) mass is 268 g/mol. The molecule has 0 aliphatic carbocycles. The van der Waals surface area contributed by atoms with E-state index in [1.807, 2.05) is 18.7 Å². The lowest BCUT2D eigenvalue weighted by atomic mass is 10.00. The van der Waals surface area contributed by atoms with Gasteiger partial charge in [-0.1, -0.05) is 6.42 Å². The number of piperidine rings is 2. The third-order valence-electron chi connectivity index (χ3n) is 4.26. The molecule has 0 radical (unpaired) electrons. The Hall–Kier alpha value is -0.610. The highest BCUT2D eigenvalue weighted by molar-refractivity contribution is 5.77. The van der Waals surface area contributed by atoms with Crippen LogP contribution < -0.4 is 0 Å². The summed E-state index contributed by atoms with van der Waals surface area (Å²) in [4.78, 5) is 16.6. The third-order valence-corrected chi connectivity index (χ3v) is 4.26. The van der Waals surface area contributed by atoms with Crippen LogP contribution in [0.5, 0.6) is 0 Å². The van der Waals surface area contributed by atoms with Crippen LogP contribution in [-0.2, 0) is 9.53 Å². The smallest absolute Gasteiger partial charge is 0.248 e. The van der Waals surface area contributed by atoms with E-state index in [9.17, 15) is 4.79 Å². The van der Waals surface area contributed by atoms with Crippen molar-refractivity contribution in [2.45, 2.75) is 58.1 Å². The molecule has 0 spiro atoms. The Kier molecular flexibility index (Phi) is 5.64. The van der Waals surface area contributed by atoms with Gasteiger partial charge in [-0.25, -0.2) is 0 Å². The number of hydrogen-bond donors (Lipinski definition) is 0. The molecule has 19 heavy (non-hydrogen) atoms. The molecule has 0 aromatic rings. The molecule has 1 amide bonds. The quantitative estimate of drug-likeness (QED) is 0.780. The van der Waals surface area contributed by atoms with Gasteiger partial charge in [0.05, 0.1) is 6.10 Å². The molecule has 0 N–H and O–H groups in total. The molecule has 2 fully saturated rings. The zero-order valence-corrected chi connectivity index (χ0v) is 12.4. The fourth-order valence-electron chi connectivity index (χ4n) is 3.09. The van der Waals surface area contributed by atoms with Crippen LogP contribution in [0.4, 0.5) is 0 Å². The molecule has 2 aliphatic heterocycles. The zero-order chi connectivity index (χ0) is 13.7. The Morgan fingerprint density at radius 1 is 1.11 bits per heavy atom. The Labute approximate surface area is 117 Å². The second-order valence-electron chi connectivity index (χ2n) is 6.07. The lowest BCUT2D eigenvalue weighted by Gasteiger charge is -2.40. The summed E-state index contributed by atoms with van der Waals surface area (Å²) in [5, 5.41) is 0. The second kappa shape index (κ2) is 7.25. The molecule has 4 nitrogen and oxygen atoms in total.